The van der Waals surface area contributed by atoms with E-state index >= 15 is 0 Å². The highest BCUT2D eigenvalue weighted by atomic mass is 16.6. The van der Waals surface area contributed by atoms with Crippen molar-refractivity contribution in [2.75, 3.05) is 18.0 Å². The van der Waals surface area contributed by atoms with Gasteiger partial charge in [-0.25, -0.2) is 0 Å². The molecule has 1 saturated heterocycles. The number of aryl methyl sites for hydroxylation is 1. The number of aromatic nitrogens is 1. The van der Waals surface area contributed by atoms with Crippen LogP contribution < -0.4 is 4.90 Å². The van der Waals surface area contributed by atoms with Gasteiger partial charge in [-0.05, 0) is 32.4 Å². The zero-order chi connectivity index (χ0) is 15.2. The molecule has 1 unspecified atom stereocenters. The van der Waals surface area contributed by atoms with Crippen LogP contribution in [0.1, 0.15) is 19.0 Å². The molecule has 2 heterocycles. The van der Waals surface area contributed by atoms with E-state index < -0.39 is 10.5 Å². The molecule has 1 N–H and O–H groups in total. The highest BCUT2D eigenvalue weighted by Crippen LogP contribution is 2.34. The summed E-state index contributed by atoms with van der Waals surface area (Å²) >= 11 is 0. The second-order valence-electron chi connectivity index (χ2n) is 5.91. The standard InChI is InChI=1S/C15H17N3O3/c1-10-7-14(17-6-5-15(2,19)9-17)12-8-11(18(20)21)3-4-13(12)16-10/h3-4,7-8,19H,5-6,9H2,1-2H3. The molecule has 1 aliphatic heterocycles. The Labute approximate surface area is 122 Å². The third-order valence-electron chi connectivity index (χ3n) is 3.90. The maximum atomic E-state index is 11.0. The molecule has 1 aromatic carbocycles. The van der Waals surface area contributed by atoms with Crippen LogP contribution in [0, 0.1) is 17.0 Å². The number of benzene rings is 1. The number of pyridine rings is 1. The van der Waals surface area contributed by atoms with Gasteiger partial charge in [0, 0.05) is 42.0 Å². The fraction of sp³-hybridized carbons (Fsp3) is 0.400. The number of rotatable bonds is 2. The third-order valence-corrected chi connectivity index (χ3v) is 3.90. The molecule has 0 bridgehead atoms. The van der Waals surface area contributed by atoms with Crippen LogP contribution in [-0.2, 0) is 0 Å². The molecule has 1 aromatic heterocycles. The topological polar surface area (TPSA) is 79.5 Å². The second-order valence-corrected chi connectivity index (χ2v) is 5.91. The van der Waals surface area contributed by atoms with E-state index in [9.17, 15) is 15.2 Å². The molecule has 3 rings (SSSR count). The Morgan fingerprint density at radius 1 is 1.43 bits per heavy atom. The molecule has 2 aromatic rings. The van der Waals surface area contributed by atoms with Crippen LogP contribution in [0.15, 0.2) is 24.3 Å². The summed E-state index contributed by atoms with van der Waals surface area (Å²) in [4.78, 5) is 17.1. The lowest BCUT2D eigenvalue weighted by Crippen LogP contribution is -2.29. The highest BCUT2D eigenvalue weighted by molar-refractivity contribution is 5.93. The lowest BCUT2D eigenvalue weighted by atomic mass is 10.1. The van der Waals surface area contributed by atoms with E-state index in [0.29, 0.717) is 13.0 Å². The monoisotopic (exact) mass is 287 g/mol. The first-order valence-electron chi connectivity index (χ1n) is 6.89. The zero-order valence-electron chi connectivity index (χ0n) is 12.0. The van der Waals surface area contributed by atoms with Gasteiger partial charge in [-0.15, -0.1) is 0 Å². The van der Waals surface area contributed by atoms with Gasteiger partial charge in [-0.3, -0.25) is 15.1 Å². The number of β-amino-alcohol motifs (C(OH)–C–C–N with tert-alkyl or cyclic N) is 1. The molecular weight excluding hydrogens is 270 g/mol. The van der Waals surface area contributed by atoms with Gasteiger partial charge in [0.05, 0.1) is 16.0 Å². The molecular formula is C15H17N3O3. The van der Waals surface area contributed by atoms with Crippen molar-refractivity contribution in [3.8, 4) is 0 Å². The van der Waals surface area contributed by atoms with Crippen molar-refractivity contribution in [3.05, 3.63) is 40.1 Å². The molecule has 6 nitrogen and oxygen atoms in total. The van der Waals surface area contributed by atoms with Gasteiger partial charge >= 0.3 is 0 Å². The van der Waals surface area contributed by atoms with Gasteiger partial charge in [0.2, 0.25) is 0 Å². The van der Waals surface area contributed by atoms with Crippen LogP contribution in [0.2, 0.25) is 0 Å². The predicted molar refractivity (Wildman–Crippen MR) is 80.6 cm³/mol. The number of nitro groups is 1. The van der Waals surface area contributed by atoms with Crippen molar-refractivity contribution in [3.63, 3.8) is 0 Å². The number of fused-ring (bicyclic) bond motifs is 1. The van der Waals surface area contributed by atoms with Crippen molar-refractivity contribution in [1.82, 2.24) is 4.98 Å². The van der Waals surface area contributed by atoms with Gasteiger partial charge in [0.1, 0.15) is 0 Å². The minimum absolute atomic E-state index is 0.0559. The zero-order valence-corrected chi connectivity index (χ0v) is 12.0. The number of aliphatic hydroxyl groups is 1. The van der Waals surface area contributed by atoms with E-state index in [-0.39, 0.29) is 5.69 Å². The molecule has 0 saturated carbocycles. The van der Waals surface area contributed by atoms with Crippen LogP contribution >= 0.6 is 0 Å². The summed E-state index contributed by atoms with van der Waals surface area (Å²) in [5, 5.41) is 21.9. The highest BCUT2D eigenvalue weighted by Gasteiger charge is 2.32. The Hall–Kier alpha value is -2.21. The summed E-state index contributed by atoms with van der Waals surface area (Å²) in [6.45, 7) is 4.97. The number of anilines is 1. The fourth-order valence-corrected chi connectivity index (χ4v) is 2.85. The van der Waals surface area contributed by atoms with E-state index in [2.05, 4.69) is 9.88 Å². The SMILES string of the molecule is Cc1cc(N2CCC(C)(O)C2)c2cc([N+](=O)[O-])ccc2n1. The maximum absolute atomic E-state index is 11.0. The molecule has 1 fully saturated rings. The van der Waals surface area contributed by atoms with E-state index in [1.54, 1.807) is 12.1 Å². The van der Waals surface area contributed by atoms with Crippen molar-refractivity contribution in [1.29, 1.82) is 0 Å². The fourth-order valence-electron chi connectivity index (χ4n) is 2.85. The molecule has 110 valence electrons. The average molecular weight is 287 g/mol. The Kier molecular flexibility index (Phi) is 3.06. The molecule has 6 heteroatoms. The average Bonchev–Trinajstić information content (AvgIpc) is 2.77. The molecule has 21 heavy (non-hydrogen) atoms. The van der Waals surface area contributed by atoms with Gasteiger partial charge in [-0.1, -0.05) is 0 Å². The maximum Gasteiger partial charge on any atom is 0.270 e. The van der Waals surface area contributed by atoms with Gasteiger partial charge in [0.15, 0.2) is 0 Å². The van der Waals surface area contributed by atoms with E-state index in [0.717, 1.165) is 28.8 Å². The lowest BCUT2D eigenvalue weighted by molar-refractivity contribution is -0.384. The molecule has 1 aliphatic rings. The van der Waals surface area contributed by atoms with Crippen molar-refractivity contribution >= 4 is 22.3 Å². The smallest absolute Gasteiger partial charge is 0.270 e. The molecule has 0 amide bonds. The quantitative estimate of drug-likeness (QED) is 0.677. The van der Waals surface area contributed by atoms with Crippen molar-refractivity contribution in [2.24, 2.45) is 0 Å². The minimum Gasteiger partial charge on any atom is -0.388 e. The van der Waals surface area contributed by atoms with Crippen molar-refractivity contribution < 1.29 is 10.0 Å². The Morgan fingerprint density at radius 3 is 2.81 bits per heavy atom. The minimum atomic E-state index is -0.718. The van der Waals surface area contributed by atoms with Crippen molar-refractivity contribution in [2.45, 2.75) is 25.9 Å². The van der Waals surface area contributed by atoms with E-state index in [1.807, 2.05) is 19.9 Å². The molecule has 1 atom stereocenters. The summed E-state index contributed by atoms with van der Waals surface area (Å²) in [7, 11) is 0. The van der Waals surface area contributed by atoms with E-state index in [4.69, 9.17) is 0 Å². The molecule has 0 radical (unpaired) electrons. The predicted octanol–water partition coefficient (Wildman–Crippen LogP) is 2.41. The van der Waals surface area contributed by atoms with Gasteiger partial charge in [-0.2, -0.15) is 0 Å². The number of hydrogen-bond acceptors (Lipinski definition) is 5. The first-order chi connectivity index (χ1) is 9.85. The van der Waals surface area contributed by atoms with Crippen LogP contribution in [0.4, 0.5) is 11.4 Å². The molecule has 0 spiro atoms. The van der Waals surface area contributed by atoms with Crippen LogP contribution in [0.3, 0.4) is 0 Å². The summed E-state index contributed by atoms with van der Waals surface area (Å²) in [6.07, 6.45) is 0.685. The number of nitro benzene ring substituents is 1. The largest absolute Gasteiger partial charge is 0.388 e. The van der Waals surface area contributed by atoms with Crippen LogP contribution in [0.5, 0.6) is 0 Å². The van der Waals surface area contributed by atoms with Crippen LogP contribution in [-0.4, -0.2) is 33.7 Å². The normalized spacial score (nSPS) is 22.0. The third kappa shape index (κ3) is 2.54. The number of non-ortho nitro benzene ring substituents is 1. The summed E-state index contributed by atoms with van der Waals surface area (Å²) in [5.41, 5.74) is 1.84. The lowest BCUT2D eigenvalue weighted by Gasteiger charge is -2.22. The van der Waals surface area contributed by atoms with Gasteiger partial charge in [0.25, 0.3) is 5.69 Å². The summed E-state index contributed by atoms with van der Waals surface area (Å²) < 4.78 is 0. The summed E-state index contributed by atoms with van der Waals surface area (Å²) in [5.74, 6) is 0. The van der Waals surface area contributed by atoms with Gasteiger partial charge < -0.3 is 10.0 Å². The number of nitrogens with zero attached hydrogens (tertiary/aromatic N) is 3. The Bertz CT molecular complexity index is 727. The Morgan fingerprint density at radius 2 is 2.19 bits per heavy atom. The second kappa shape index (κ2) is 4.66. The van der Waals surface area contributed by atoms with E-state index in [1.165, 1.54) is 6.07 Å². The molecule has 0 aliphatic carbocycles. The van der Waals surface area contributed by atoms with Crippen LogP contribution in [0.25, 0.3) is 10.9 Å². The first kappa shape index (κ1) is 13.8. The summed E-state index contributed by atoms with van der Waals surface area (Å²) in [6, 6.07) is 6.63. The number of hydrogen-bond donors (Lipinski definition) is 1. The Balaban J connectivity index is 2.16. The first-order valence-corrected chi connectivity index (χ1v) is 6.89.